The molecule has 7 amide bonds. The van der Waals surface area contributed by atoms with Gasteiger partial charge in [-0.25, -0.2) is 57.0 Å². The molecule has 9 atom stereocenters. The standard InChI is InChI=1S/C37H48F2N4O5S.C35H52F2N4O5S.C34H47F2N5O6S/c1-4-8-31(9-5-2)49(47,48)24-33(42-35(45)27-12-16-41-17-13-27)36(46)43(37(14-15-37)28-11-7-10-25(6-3)18-28)23-34(44)32(40)21-26-19-29(38)22-30(39)20-26;1-4-8-30(9-5-2)47(45,46)23-32(40-34(43)27-12-14-39-15-13-27)35(44)41(21-25-11-7-10-24(6-3)16-25)22-33(42)31(38)19-26-17-28(36)20-29(37)18-26;1-4-8-27(9-5-2)48(46,47)21-30(38-33(44)29-12-13-32(43)40-39-29)34(45)41(19-23-11-7-10-22(6-3)14-23)20-31(42)28(37)17-24-15-25(35)18-26(36)16-24/h7,10-13,16-20,22,31-34,44H,4-6,8-9,14-15,21,23-24,40H2,1-3H3,(H,42,45);7,10-11,16-18,20,27,30-33,39,42H,4-6,8-9,12-15,19,21-23,38H2,1-3H3,(H,40,43);7,10-11,14-16,18,27-28,30-31,42H,4-6,8-9,12-13,17,19-21,37H2,1-3H3,(H,38,44)(H,40,43)/t32-,33?,34+;31-,32?,33+;28-,30?,31+/m000/s1. The molecule has 1 aromatic heterocycles. The van der Waals surface area contributed by atoms with Crippen LogP contribution in [0.25, 0.3) is 0 Å². The highest BCUT2D eigenvalue weighted by atomic mass is 32.2. The van der Waals surface area contributed by atoms with Crippen molar-refractivity contribution < 1.29 is 100 Å². The topological polar surface area (TPSA) is 456 Å². The van der Waals surface area contributed by atoms with Gasteiger partial charge in [-0.05, 0) is 214 Å². The number of carbonyl (C=O) groups is 7. The minimum atomic E-state index is -3.92. The lowest BCUT2D eigenvalue weighted by Crippen LogP contribution is -2.58. The van der Waals surface area contributed by atoms with Crippen LogP contribution >= 0.6 is 0 Å². The number of sulfone groups is 3. The number of nitrogens with zero attached hydrogens (tertiary/aromatic N) is 5. The van der Waals surface area contributed by atoms with Crippen LogP contribution in [0.2, 0.25) is 0 Å². The summed E-state index contributed by atoms with van der Waals surface area (Å²) in [5.41, 5.74) is 26.4. The lowest BCUT2D eigenvalue weighted by Gasteiger charge is -2.38. The molecule has 3 heterocycles. The van der Waals surface area contributed by atoms with Crippen LogP contribution in [0.4, 0.5) is 26.3 Å². The number of rotatable bonds is 54. The van der Waals surface area contributed by atoms with E-state index in [1.54, 1.807) is 6.07 Å². The summed E-state index contributed by atoms with van der Waals surface area (Å²) < 4.78 is 166. The zero-order chi connectivity index (χ0) is 106. The second-order valence-electron chi connectivity index (χ2n) is 38.0. The van der Waals surface area contributed by atoms with Gasteiger partial charge in [-0.2, -0.15) is 5.10 Å². The molecule has 144 heavy (non-hydrogen) atoms. The number of aryl methyl sites for hydroxylation is 3. The zero-order valence-electron chi connectivity index (χ0n) is 84.1. The fourth-order valence-electron chi connectivity index (χ4n) is 18.3. The molecular formula is C106H147F6N13O16S3. The van der Waals surface area contributed by atoms with Gasteiger partial charge in [0.25, 0.3) is 11.8 Å². The van der Waals surface area contributed by atoms with Crippen LogP contribution in [0.15, 0.2) is 157 Å². The van der Waals surface area contributed by atoms with Crippen molar-refractivity contribution in [1.29, 1.82) is 0 Å². The van der Waals surface area contributed by atoms with Gasteiger partial charge in [0.2, 0.25) is 29.5 Å². The number of nitrogens with one attached hydrogen (secondary N) is 5. The van der Waals surface area contributed by atoms with Crippen molar-refractivity contribution in [3.63, 3.8) is 0 Å². The first kappa shape index (κ1) is 119. The van der Waals surface area contributed by atoms with Gasteiger partial charge in [0.15, 0.2) is 29.5 Å². The number of hydrogen-bond donors (Lipinski definition) is 11. The molecule has 38 heteroatoms. The maximum absolute atomic E-state index is 14.8. The van der Waals surface area contributed by atoms with Gasteiger partial charge in [0.05, 0.1) is 56.9 Å². The van der Waals surface area contributed by atoms with Crippen molar-refractivity contribution in [3.8, 4) is 0 Å². The molecule has 3 unspecified atom stereocenters. The SMILES string of the molecule is CCCC(CCC)S(=O)(=O)CC(NC(=O)C1=NNC(=O)CC1)C(=O)N(Cc1cccc(CC)c1)C[C@@H](O)[C@@H](N)Cc1cc(F)cc(F)c1.CCCC(CCC)S(=O)(=O)CC(NC(=O)C1CCNCC1)C(=O)N(Cc1cccc(CC)c1)C[C@@H](O)[C@@H](N)Cc1cc(F)cc(F)c1.CCCC(CCC)S(=O)(=O)CC(NC(=O)c1ccncc1)C(=O)N(C[C@@H](O)[C@@H](N)Cc1cc(F)cc(F)c1)C1(c2cccc(CC)c2)CC1. The van der Waals surface area contributed by atoms with Crippen LogP contribution < -0.4 is 43.9 Å². The number of nitrogens with two attached hydrogens (primary N) is 3. The highest BCUT2D eigenvalue weighted by Crippen LogP contribution is 2.52. The molecular weight excluding hydrogens is 1920 g/mol. The molecule has 2 fully saturated rings. The van der Waals surface area contributed by atoms with Crippen molar-refractivity contribution >= 4 is 76.6 Å². The minimum absolute atomic E-state index is 0.00138. The lowest BCUT2D eigenvalue weighted by molar-refractivity contribution is -0.139. The Bertz CT molecular complexity index is 5700. The summed E-state index contributed by atoms with van der Waals surface area (Å²) in [5.74, 6) is -11.2. The van der Waals surface area contributed by atoms with E-state index in [-0.39, 0.29) is 111 Å². The molecule has 0 bridgehead atoms. The molecule has 1 aliphatic carbocycles. The average Bonchev–Trinajstić information content (AvgIpc) is 1.58. The van der Waals surface area contributed by atoms with E-state index in [0.29, 0.717) is 128 Å². The molecule has 1 saturated heterocycles. The summed E-state index contributed by atoms with van der Waals surface area (Å²) in [7, 11) is -11.6. The highest BCUT2D eigenvalue weighted by Gasteiger charge is 2.54. The normalized spacial score (nSPS) is 15.7. The molecule has 3 aliphatic rings. The van der Waals surface area contributed by atoms with Crippen molar-refractivity contribution in [2.24, 2.45) is 28.2 Å². The third-order valence-corrected chi connectivity index (χ3v) is 33.3. The average molecular weight is 2070 g/mol. The van der Waals surface area contributed by atoms with E-state index in [0.717, 1.165) is 95.3 Å². The van der Waals surface area contributed by atoms with Gasteiger partial charge in [-0.1, -0.05) is 174 Å². The van der Waals surface area contributed by atoms with E-state index in [4.69, 9.17) is 17.2 Å². The Morgan fingerprint density at radius 3 is 1.15 bits per heavy atom. The Balaban J connectivity index is 0.000000264. The second kappa shape index (κ2) is 57.6. The van der Waals surface area contributed by atoms with E-state index in [1.807, 2.05) is 129 Å². The molecule has 0 radical (unpaired) electrons. The van der Waals surface area contributed by atoms with E-state index in [9.17, 15) is 100 Å². The fourth-order valence-corrected chi connectivity index (χ4v) is 24.8. The number of hydrazone groups is 1. The number of aromatic nitrogens is 1. The number of hydrogen-bond acceptors (Lipinski definition) is 22. The van der Waals surface area contributed by atoms with Gasteiger partial charge in [-0.3, -0.25) is 38.5 Å². The van der Waals surface area contributed by atoms with Crippen molar-refractivity contribution in [2.45, 2.75) is 305 Å². The maximum atomic E-state index is 14.8. The quantitative estimate of drug-likeness (QED) is 0.0158. The highest BCUT2D eigenvalue weighted by molar-refractivity contribution is 7.92. The minimum Gasteiger partial charge on any atom is -0.390 e. The Hall–Kier alpha value is -10.4. The first-order valence-electron chi connectivity index (χ1n) is 50.3. The van der Waals surface area contributed by atoms with E-state index in [2.05, 4.69) is 36.8 Å². The number of pyridine rings is 1. The predicted molar refractivity (Wildman–Crippen MR) is 545 cm³/mol. The molecule has 0 spiro atoms. The number of amides is 7. The van der Waals surface area contributed by atoms with Crippen LogP contribution in [-0.2, 0) is 115 Å². The first-order valence-corrected chi connectivity index (χ1v) is 55.4. The predicted octanol–water partition coefficient (Wildman–Crippen LogP) is 11.4. The van der Waals surface area contributed by atoms with Gasteiger partial charge >= 0.3 is 0 Å². The molecule has 6 aromatic carbocycles. The maximum Gasteiger partial charge on any atom is 0.268 e. The summed E-state index contributed by atoms with van der Waals surface area (Å²) >= 11 is 0. The molecule has 1 saturated carbocycles. The van der Waals surface area contributed by atoms with Crippen molar-refractivity contribution in [2.75, 3.05) is 50.0 Å². The molecule has 14 N–H and O–H groups in total. The number of halogens is 6. The summed E-state index contributed by atoms with van der Waals surface area (Å²) in [5, 5.41) is 46.9. The summed E-state index contributed by atoms with van der Waals surface area (Å²) in [4.78, 5) is 103. The number of carbonyl (C=O) groups excluding carboxylic acids is 7. The van der Waals surface area contributed by atoms with Crippen LogP contribution in [-0.4, -0.2) is 228 Å². The Labute approximate surface area is 844 Å². The third kappa shape index (κ3) is 36.6. The van der Waals surface area contributed by atoms with E-state index >= 15 is 0 Å². The Morgan fingerprint density at radius 2 is 0.785 bits per heavy atom. The smallest absolute Gasteiger partial charge is 0.268 e. The molecule has 7 aromatic rings. The molecule has 29 nitrogen and oxygen atoms in total. The van der Waals surface area contributed by atoms with E-state index in [1.165, 1.54) is 39.2 Å². The van der Waals surface area contributed by atoms with Crippen LogP contribution in [0.5, 0.6) is 0 Å². The van der Waals surface area contributed by atoms with Crippen LogP contribution in [0.3, 0.4) is 0 Å². The largest absolute Gasteiger partial charge is 0.390 e. The fraction of sp³-hybridized carbons (Fsp3) is 0.538. The number of benzene rings is 6. The number of aliphatic hydroxyl groups is 3. The van der Waals surface area contributed by atoms with E-state index < -0.39 is 187 Å². The van der Waals surface area contributed by atoms with Gasteiger partial charge in [-0.15, -0.1) is 0 Å². The second-order valence-corrected chi connectivity index (χ2v) is 45.0. The summed E-state index contributed by atoms with van der Waals surface area (Å²) in [6.45, 7) is 17.6. The lowest BCUT2D eigenvalue weighted by atomic mass is 9.96. The monoisotopic (exact) mass is 2070 g/mol. The van der Waals surface area contributed by atoms with Gasteiger partial charge in [0.1, 0.15) is 58.7 Å². The van der Waals surface area contributed by atoms with Crippen molar-refractivity contribution in [3.05, 3.63) is 242 Å². The summed E-state index contributed by atoms with van der Waals surface area (Å²) in [6, 6.07) is 27.1. The third-order valence-electron chi connectivity index (χ3n) is 26.4. The van der Waals surface area contributed by atoms with Crippen LogP contribution in [0, 0.1) is 40.8 Å². The molecule has 10 rings (SSSR count). The van der Waals surface area contributed by atoms with Crippen molar-refractivity contribution in [1.82, 2.24) is 46.4 Å². The Morgan fingerprint density at radius 1 is 0.438 bits per heavy atom. The number of piperidine rings is 1. The number of aliphatic hydroxyl groups excluding tert-OH is 3. The van der Waals surface area contributed by atoms with Crippen LogP contribution in [0.1, 0.15) is 238 Å². The summed E-state index contributed by atoms with van der Waals surface area (Å²) in [6.07, 6.45) is 9.19. The van der Waals surface area contributed by atoms with Gasteiger partial charge in [0, 0.05) is 106 Å². The first-order chi connectivity index (χ1) is 68.4. The van der Waals surface area contributed by atoms with Gasteiger partial charge < -0.3 is 68.5 Å². The molecule has 2 aliphatic heterocycles. The Kier molecular flexibility index (Phi) is 47.5. The zero-order valence-corrected chi connectivity index (χ0v) is 86.5. The molecule has 792 valence electrons.